The van der Waals surface area contributed by atoms with Crippen molar-refractivity contribution < 1.29 is 0 Å². The second-order valence-electron chi connectivity index (χ2n) is 1.87. The molecule has 0 radical (unpaired) electrons. The molecule has 36 valence electrons. The number of rotatable bonds is 1. The molecule has 1 aliphatic rings. The van der Waals surface area contributed by atoms with Crippen LogP contribution in [0.5, 0.6) is 0 Å². The van der Waals surface area contributed by atoms with Gasteiger partial charge in [0.25, 0.3) is 0 Å². The van der Waals surface area contributed by atoms with Gasteiger partial charge in [-0.1, -0.05) is 18.6 Å². The molecule has 1 atom stereocenters. The summed E-state index contributed by atoms with van der Waals surface area (Å²) in [6, 6.07) is 2.09. The van der Waals surface area contributed by atoms with Gasteiger partial charge in [-0.15, -0.1) is 0 Å². The van der Waals surface area contributed by atoms with E-state index in [4.69, 9.17) is 5.26 Å². The van der Waals surface area contributed by atoms with Gasteiger partial charge in [0.05, 0.1) is 12.5 Å². The van der Waals surface area contributed by atoms with Crippen molar-refractivity contribution in [3.8, 4) is 6.07 Å². The van der Waals surface area contributed by atoms with Crippen molar-refractivity contribution in [2.75, 3.05) is 0 Å². The molecular formula is C6H7N. The molecule has 0 heterocycles. The number of allylic oxidation sites excluding steroid dienone is 2. The summed E-state index contributed by atoms with van der Waals surface area (Å²) in [5.41, 5.74) is 1.31. The minimum absolute atomic E-state index is 0.639. The van der Waals surface area contributed by atoms with Gasteiger partial charge in [0.1, 0.15) is 0 Å². The van der Waals surface area contributed by atoms with Crippen LogP contribution in [0.15, 0.2) is 11.6 Å². The quantitative estimate of drug-likeness (QED) is 0.450. The van der Waals surface area contributed by atoms with Crippen LogP contribution in [-0.2, 0) is 0 Å². The van der Waals surface area contributed by atoms with Gasteiger partial charge in [-0.2, -0.15) is 5.26 Å². The van der Waals surface area contributed by atoms with Crippen LogP contribution in [-0.4, -0.2) is 0 Å². The van der Waals surface area contributed by atoms with Crippen LogP contribution in [0.3, 0.4) is 0 Å². The molecule has 0 spiro atoms. The average molecular weight is 93.1 g/mol. The van der Waals surface area contributed by atoms with Gasteiger partial charge in [0, 0.05) is 0 Å². The van der Waals surface area contributed by atoms with Crippen molar-refractivity contribution >= 4 is 0 Å². The molecule has 0 saturated carbocycles. The lowest BCUT2D eigenvalue weighted by Gasteiger charge is -1.76. The van der Waals surface area contributed by atoms with E-state index >= 15 is 0 Å². The normalized spacial score (nSPS) is 25.7. The molecule has 0 aromatic carbocycles. The summed E-state index contributed by atoms with van der Waals surface area (Å²) in [6.07, 6.45) is 2.75. The zero-order valence-electron chi connectivity index (χ0n) is 4.31. The number of nitriles is 1. The van der Waals surface area contributed by atoms with Crippen molar-refractivity contribution in [2.24, 2.45) is 5.92 Å². The monoisotopic (exact) mass is 93.1 g/mol. The Morgan fingerprint density at radius 2 is 2.57 bits per heavy atom. The van der Waals surface area contributed by atoms with Crippen molar-refractivity contribution in [3.63, 3.8) is 0 Å². The van der Waals surface area contributed by atoms with Gasteiger partial charge in [-0.25, -0.2) is 0 Å². The third kappa shape index (κ3) is 0.806. The zero-order chi connectivity index (χ0) is 5.28. The van der Waals surface area contributed by atoms with Crippen LogP contribution < -0.4 is 0 Å². The maximum atomic E-state index is 8.10. The van der Waals surface area contributed by atoms with E-state index in [1.807, 2.05) is 0 Å². The first-order valence-electron chi connectivity index (χ1n) is 2.42. The van der Waals surface area contributed by atoms with E-state index in [2.05, 4.69) is 19.1 Å². The molecule has 0 bridgehead atoms. The largest absolute Gasteiger partial charge is 0.198 e. The number of nitrogens with zero attached hydrogens (tertiary/aromatic N) is 1. The lowest BCUT2D eigenvalue weighted by atomic mass is 10.3. The predicted molar refractivity (Wildman–Crippen MR) is 27.5 cm³/mol. The van der Waals surface area contributed by atoms with Crippen LogP contribution in [0.2, 0.25) is 0 Å². The maximum absolute atomic E-state index is 8.10. The summed E-state index contributed by atoms with van der Waals surface area (Å²) in [5.74, 6) is 0.639. The van der Waals surface area contributed by atoms with Crippen molar-refractivity contribution in [2.45, 2.75) is 13.3 Å². The van der Waals surface area contributed by atoms with E-state index in [0.717, 1.165) is 0 Å². The van der Waals surface area contributed by atoms with Gasteiger partial charge in [-0.05, 0) is 5.92 Å². The minimum Gasteiger partial charge on any atom is -0.198 e. The van der Waals surface area contributed by atoms with Crippen molar-refractivity contribution in [1.82, 2.24) is 0 Å². The van der Waals surface area contributed by atoms with Crippen LogP contribution >= 0.6 is 0 Å². The van der Waals surface area contributed by atoms with Crippen LogP contribution in [0.1, 0.15) is 13.3 Å². The summed E-state index contributed by atoms with van der Waals surface area (Å²) < 4.78 is 0. The Hall–Kier alpha value is -0.770. The van der Waals surface area contributed by atoms with E-state index in [0.29, 0.717) is 12.3 Å². The Morgan fingerprint density at radius 1 is 2.00 bits per heavy atom. The fourth-order valence-electron chi connectivity index (χ4n) is 0.584. The van der Waals surface area contributed by atoms with E-state index in [1.54, 1.807) is 0 Å². The van der Waals surface area contributed by atoms with Crippen molar-refractivity contribution in [3.05, 3.63) is 11.6 Å². The molecule has 1 unspecified atom stereocenters. The third-order valence-electron chi connectivity index (χ3n) is 1.22. The molecule has 0 fully saturated rings. The molecule has 1 aliphatic carbocycles. The highest BCUT2D eigenvalue weighted by molar-refractivity contribution is 5.30. The standard InChI is InChI=1S/C6H7N/c1-5-4-6(5)2-3-7/h4-5H,2H2,1H3. The minimum atomic E-state index is 0.639. The third-order valence-corrected chi connectivity index (χ3v) is 1.22. The molecule has 0 aromatic rings. The first kappa shape index (κ1) is 4.39. The second kappa shape index (κ2) is 1.38. The summed E-state index contributed by atoms with van der Waals surface area (Å²) in [4.78, 5) is 0. The van der Waals surface area contributed by atoms with Gasteiger partial charge < -0.3 is 0 Å². The lowest BCUT2D eigenvalue weighted by Crippen LogP contribution is -1.67. The SMILES string of the molecule is CC1C=C1CC#N. The van der Waals surface area contributed by atoms with E-state index in [-0.39, 0.29) is 0 Å². The molecule has 0 aromatic heterocycles. The fourth-order valence-corrected chi connectivity index (χ4v) is 0.584. The van der Waals surface area contributed by atoms with Crippen LogP contribution in [0.25, 0.3) is 0 Å². The predicted octanol–water partition coefficient (Wildman–Crippen LogP) is 1.48. The van der Waals surface area contributed by atoms with Crippen molar-refractivity contribution in [1.29, 1.82) is 5.26 Å². The molecule has 0 amide bonds. The van der Waals surface area contributed by atoms with Gasteiger partial charge in [0.15, 0.2) is 0 Å². The lowest BCUT2D eigenvalue weighted by molar-refractivity contribution is 1.00. The van der Waals surface area contributed by atoms with Crippen LogP contribution in [0.4, 0.5) is 0 Å². The van der Waals surface area contributed by atoms with E-state index in [1.165, 1.54) is 5.57 Å². The summed E-state index contributed by atoms with van der Waals surface area (Å²) >= 11 is 0. The van der Waals surface area contributed by atoms with E-state index in [9.17, 15) is 0 Å². The highest BCUT2D eigenvalue weighted by atomic mass is 14.3. The summed E-state index contributed by atoms with van der Waals surface area (Å²) in [5, 5.41) is 8.10. The molecule has 0 N–H and O–H groups in total. The van der Waals surface area contributed by atoms with Gasteiger partial charge >= 0.3 is 0 Å². The number of hydrogen-bond acceptors (Lipinski definition) is 1. The fraction of sp³-hybridized carbons (Fsp3) is 0.500. The zero-order valence-corrected chi connectivity index (χ0v) is 4.31. The summed E-state index contributed by atoms with van der Waals surface area (Å²) in [7, 11) is 0. The Balaban J connectivity index is 2.24. The molecule has 1 heteroatoms. The molecule has 0 aliphatic heterocycles. The molecule has 1 nitrogen and oxygen atoms in total. The van der Waals surface area contributed by atoms with Gasteiger partial charge in [-0.3, -0.25) is 0 Å². The molecule has 7 heavy (non-hydrogen) atoms. The Kier molecular flexibility index (Phi) is 0.867. The average Bonchev–Trinajstić information content (AvgIpc) is 2.22. The molecule has 0 saturated heterocycles. The van der Waals surface area contributed by atoms with E-state index < -0.39 is 0 Å². The Morgan fingerprint density at radius 3 is 2.71 bits per heavy atom. The van der Waals surface area contributed by atoms with Crippen LogP contribution in [0, 0.1) is 17.2 Å². The second-order valence-corrected chi connectivity index (χ2v) is 1.87. The highest BCUT2D eigenvalue weighted by Gasteiger charge is 2.16. The smallest absolute Gasteiger partial charge is 0.0666 e. The topological polar surface area (TPSA) is 23.8 Å². The Labute approximate surface area is 43.3 Å². The first-order valence-corrected chi connectivity index (χ1v) is 2.42. The molecule has 1 rings (SSSR count). The highest BCUT2D eigenvalue weighted by Crippen LogP contribution is 2.29. The summed E-state index contributed by atoms with van der Waals surface area (Å²) in [6.45, 7) is 2.10. The maximum Gasteiger partial charge on any atom is 0.0666 e. The Bertz CT molecular complexity index is 139. The first-order chi connectivity index (χ1) is 3.34. The van der Waals surface area contributed by atoms with Gasteiger partial charge in [0.2, 0.25) is 0 Å². The molecular weight excluding hydrogens is 86.1 g/mol. The number of hydrogen-bond donors (Lipinski definition) is 0.